The van der Waals surface area contributed by atoms with Crippen LogP contribution in [0.5, 0.6) is 0 Å². The minimum absolute atomic E-state index is 0.303. The van der Waals surface area contributed by atoms with Gasteiger partial charge in [-0.15, -0.1) is 11.3 Å². The number of hydrogen-bond acceptors (Lipinski definition) is 3. The van der Waals surface area contributed by atoms with Crippen molar-refractivity contribution >= 4 is 22.9 Å². The molecule has 2 nitrogen and oxygen atoms in total. The summed E-state index contributed by atoms with van der Waals surface area (Å²) < 4.78 is 0. The number of rotatable bonds is 7. The quantitative estimate of drug-likeness (QED) is 0.803. The third-order valence-electron chi connectivity index (χ3n) is 3.98. The number of likely N-dealkylation sites (N-methyl/N-ethyl adjacent to an activating group) is 1. The van der Waals surface area contributed by atoms with E-state index in [0.29, 0.717) is 12.1 Å². The normalized spacial score (nSPS) is 14.3. The van der Waals surface area contributed by atoms with Gasteiger partial charge in [-0.3, -0.25) is 4.90 Å². The van der Waals surface area contributed by atoms with Gasteiger partial charge in [-0.2, -0.15) is 0 Å². The van der Waals surface area contributed by atoms with Gasteiger partial charge in [0.25, 0.3) is 0 Å². The molecular formula is C17H23ClN2S. The SMILES string of the molecule is CC(CNCc1cccs1)N(C)C(C)c1ccccc1Cl. The molecule has 2 rings (SSSR count). The highest BCUT2D eigenvalue weighted by atomic mass is 35.5. The van der Waals surface area contributed by atoms with Crippen molar-refractivity contribution in [2.45, 2.75) is 32.5 Å². The van der Waals surface area contributed by atoms with Gasteiger partial charge in [0.2, 0.25) is 0 Å². The van der Waals surface area contributed by atoms with Crippen LogP contribution in [0, 0.1) is 0 Å². The number of benzene rings is 1. The largest absolute Gasteiger partial charge is 0.310 e. The van der Waals surface area contributed by atoms with E-state index in [1.807, 2.05) is 18.2 Å². The van der Waals surface area contributed by atoms with Crippen LogP contribution in [0.4, 0.5) is 0 Å². The van der Waals surface area contributed by atoms with E-state index in [1.165, 1.54) is 10.4 Å². The maximum absolute atomic E-state index is 6.30. The molecule has 0 amide bonds. The summed E-state index contributed by atoms with van der Waals surface area (Å²) in [4.78, 5) is 3.74. The van der Waals surface area contributed by atoms with Crippen LogP contribution in [0.25, 0.3) is 0 Å². The van der Waals surface area contributed by atoms with E-state index in [1.54, 1.807) is 11.3 Å². The fourth-order valence-electron chi connectivity index (χ4n) is 2.38. The highest BCUT2D eigenvalue weighted by molar-refractivity contribution is 7.09. The lowest BCUT2D eigenvalue weighted by molar-refractivity contribution is 0.193. The van der Waals surface area contributed by atoms with E-state index in [0.717, 1.165) is 18.1 Å². The average molecular weight is 323 g/mol. The highest BCUT2D eigenvalue weighted by Gasteiger charge is 2.18. The predicted molar refractivity (Wildman–Crippen MR) is 93.1 cm³/mol. The van der Waals surface area contributed by atoms with E-state index < -0.39 is 0 Å². The monoisotopic (exact) mass is 322 g/mol. The van der Waals surface area contributed by atoms with Crippen LogP contribution in [0.1, 0.15) is 30.3 Å². The number of thiophene rings is 1. The van der Waals surface area contributed by atoms with Gasteiger partial charge in [-0.1, -0.05) is 35.9 Å². The Morgan fingerprint density at radius 2 is 1.95 bits per heavy atom. The van der Waals surface area contributed by atoms with E-state index in [4.69, 9.17) is 11.6 Å². The van der Waals surface area contributed by atoms with Crippen molar-refractivity contribution in [1.29, 1.82) is 0 Å². The maximum Gasteiger partial charge on any atom is 0.0453 e. The molecule has 2 unspecified atom stereocenters. The summed E-state index contributed by atoms with van der Waals surface area (Å²) in [6.45, 7) is 6.35. The van der Waals surface area contributed by atoms with Crippen LogP contribution in [0.3, 0.4) is 0 Å². The standard InChI is InChI=1S/C17H23ClN2S/c1-13(11-19-12-15-7-6-10-21-15)20(3)14(2)16-8-4-5-9-17(16)18/h4-10,13-14,19H,11-12H2,1-3H3. The van der Waals surface area contributed by atoms with E-state index in [-0.39, 0.29) is 0 Å². The molecule has 0 spiro atoms. The third kappa shape index (κ3) is 4.55. The molecule has 2 atom stereocenters. The van der Waals surface area contributed by atoms with Crippen LogP contribution in [0.15, 0.2) is 41.8 Å². The summed E-state index contributed by atoms with van der Waals surface area (Å²) in [7, 11) is 2.16. The molecule has 1 aromatic heterocycles. The fourth-order valence-corrected chi connectivity index (χ4v) is 3.34. The second kappa shape index (κ2) is 7.95. The number of hydrogen-bond donors (Lipinski definition) is 1. The first-order chi connectivity index (χ1) is 10.1. The molecule has 2 aromatic rings. The van der Waals surface area contributed by atoms with Crippen molar-refractivity contribution in [3.8, 4) is 0 Å². The molecule has 0 bridgehead atoms. The molecule has 1 aromatic carbocycles. The third-order valence-corrected chi connectivity index (χ3v) is 5.20. The van der Waals surface area contributed by atoms with Gasteiger partial charge in [0.1, 0.15) is 0 Å². The van der Waals surface area contributed by atoms with E-state index in [2.05, 4.69) is 54.7 Å². The Labute approximate surface area is 136 Å². The van der Waals surface area contributed by atoms with Gasteiger partial charge < -0.3 is 5.32 Å². The minimum Gasteiger partial charge on any atom is -0.310 e. The van der Waals surface area contributed by atoms with Crippen molar-refractivity contribution in [1.82, 2.24) is 10.2 Å². The zero-order chi connectivity index (χ0) is 15.2. The van der Waals surface area contributed by atoms with Gasteiger partial charge in [0.15, 0.2) is 0 Å². The van der Waals surface area contributed by atoms with Crippen LogP contribution in [-0.4, -0.2) is 24.5 Å². The van der Waals surface area contributed by atoms with E-state index in [9.17, 15) is 0 Å². The lowest BCUT2D eigenvalue weighted by Gasteiger charge is -2.31. The second-order valence-corrected chi connectivity index (χ2v) is 6.86. The lowest BCUT2D eigenvalue weighted by atomic mass is 10.1. The van der Waals surface area contributed by atoms with Gasteiger partial charge in [0, 0.05) is 35.1 Å². The van der Waals surface area contributed by atoms with Gasteiger partial charge >= 0.3 is 0 Å². The van der Waals surface area contributed by atoms with Gasteiger partial charge in [-0.25, -0.2) is 0 Å². The van der Waals surface area contributed by atoms with Crippen molar-refractivity contribution in [2.24, 2.45) is 0 Å². The van der Waals surface area contributed by atoms with Crippen LogP contribution < -0.4 is 5.32 Å². The molecule has 0 fully saturated rings. The Bertz CT molecular complexity index is 541. The molecule has 0 aliphatic heterocycles. The zero-order valence-electron chi connectivity index (χ0n) is 12.8. The Morgan fingerprint density at radius 3 is 2.62 bits per heavy atom. The molecule has 4 heteroatoms. The van der Waals surface area contributed by atoms with Gasteiger partial charge in [-0.05, 0) is 44.0 Å². The maximum atomic E-state index is 6.30. The fraction of sp³-hybridized carbons (Fsp3) is 0.412. The molecule has 0 saturated carbocycles. The Hall–Kier alpha value is -0.870. The summed E-state index contributed by atoms with van der Waals surface area (Å²) >= 11 is 8.09. The lowest BCUT2D eigenvalue weighted by Crippen LogP contribution is -2.39. The van der Waals surface area contributed by atoms with Crippen molar-refractivity contribution in [3.05, 3.63) is 57.2 Å². The van der Waals surface area contributed by atoms with Crippen molar-refractivity contribution in [2.75, 3.05) is 13.6 Å². The Kier molecular flexibility index (Phi) is 6.24. The molecule has 0 aliphatic carbocycles. The average Bonchev–Trinajstić information content (AvgIpc) is 2.99. The molecule has 21 heavy (non-hydrogen) atoms. The second-order valence-electron chi connectivity index (χ2n) is 5.42. The van der Waals surface area contributed by atoms with Crippen LogP contribution in [-0.2, 0) is 6.54 Å². The van der Waals surface area contributed by atoms with Crippen molar-refractivity contribution in [3.63, 3.8) is 0 Å². The summed E-state index contributed by atoms with van der Waals surface area (Å²) in [6, 6.07) is 13.1. The first-order valence-corrected chi connectivity index (χ1v) is 8.55. The first kappa shape index (κ1) is 16.5. The first-order valence-electron chi connectivity index (χ1n) is 7.29. The Morgan fingerprint density at radius 1 is 1.19 bits per heavy atom. The molecular weight excluding hydrogens is 300 g/mol. The molecule has 1 N–H and O–H groups in total. The molecule has 0 saturated heterocycles. The number of nitrogens with zero attached hydrogens (tertiary/aromatic N) is 1. The van der Waals surface area contributed by atoms with Crippen LogP contribution in [0.2, 0.25) is 5.02 Å². The van der Waals surface area contributed by atoms with Crippen LogP contribution >= 0.6 is 22.9 Å². The predicted octanol–water partition coefficient (Wildman–Crippen LogP) is 4.57. The topological polar surface area (TPSA) is 15.3 Å². The Balaban J connectivity index is 1.86. The summed E-state index contributed by atoms with van der Waals surface area (Å²) in [5.41, 5.74) is 1.19. The summed E-state index contributed by atoms with van der Waals surface area (Å²) in [5.74, 6) is 0. The van der Waals surface area contributed by atoms with Gasteiger partial charge in [0.05, 0.1) is 0 Å². The zero-order valence-corrected chi connectivity index (χ0v) is 14.4. The van der Waals surface area contributed by atoms with Crippen molar-refractivity contribution < 1.29 is 0 Å². The number of nitrogens with one attached hydrogen (secondary N) is 1. The summed E-state index contributed by atoms with van der Waals surface area (Å²) in [5, 5.41) is 6.49. The van der Waals surface area contributed by atoms with E-state index >= 15 is 0 Å². The number of halogens is 1. The molecule has 0 radical (unpaired) electrons. The molecule has 1 heterocycles. The molecule has 0 aliphatic rings. The summed E-state index contributed by atoms with van der Waals surface area (Å²) in [6.07, 6.45) is 0. The molecule has 114 valence electrons. The minimum atomic E-state index is 0.303. The smallest absolute Gasteiger partial charge is 0.0453 e. The highest BCUT2D eigenvalue weighted by Crippen LogP contribution is 2.27.